The summed E-state index contributed by atoms with van der Waals surface area (Å²) in [6, 6.07) is 0.222. The predicted molar refractivity (Wildman–Crippen MR) is 97.8 cm³/mol. The molecule has 0 bridgehead atoms. The maximum atomic E-state index is 12.3. The van der Waals surface area contributed by atoms with Crippen molar-refractivity contribution in [2.75, 3.05) is 13.1 Å². The van der Waals surface area contributed by atoms with Crippen molar-refractivity contribution >= 4 is 17.2 Å². The topological polar surface area (TPSA) is 71.3 Å². The summed E-state index contributed by atoms with van der Waals surface area (Å²) in [5, 5.41) is 3.14. The molecule has 0 saturated carbocycles. The number of likely N-dealkylation sites (tertiary alicyclic amines) is 1. The van der Waals surface area contributed by atoms with Gasteiger partial charge in [-0.2, -0.15) is 0 Å². The number of rotatable bonds is 4. The average molecular weight is 362 g/mol. The minimum atomic E-state index is -0.0166. The van der Waals surface area contributed by atoms with E-state index in [-0.39, 0.29) is 17.4 Å². The van der Waals surface area contributed by atoms with Gasteiger partial charge < -0.3 is 9.73 Å². The van der Waals surface area contributed by atoms with E-state index in [4.69, 9.17) is 4.42 Å². The van der Waals surface area contributed by atoms with Crippen LogP contribution >= 0.6 is 11.3 Å². The molecule has 0 spiro atoms. The first kappa shape index (κ1) is 18.1. The van der Waals surface area contributed by atoms with Crippen LogP contribution < -0.4 is 5.32 Å². The van der Waals surface area contributed by atoms with Crippen molar-refractivity contribution in [1.29, 1.82) is 0 Å². The second kappa shape index (κ2) is 7.25. The molecule has 2 aromatic heterocycles. The molecule has 0 radical (unpaired) electrons. The largest absolute Gasteiger partial charge is 0.444 e. The van der Waals surface area contributed by atoms with E-state index >= 15 is 0 Å². The summed E-state index contributed by atoms with van der Waals surface area (Å²) in [5.74, 6) is 1.69. The van der Waals surface area contributed by atoms with Crippen molar-refractivity contribution in [3.8, 4) is 0 Å². The Morgan fingerprint density at radius 2 is 2.08 bits per heavy atom. The number of piperidine rings is 1. The molecule has 1 aliphatic rings. The molecular weight excluding hydrogens is 336 g/mol. The summed E-state index contributed by atoms with van der Waals surface area (Å²) in [6.45, 7) is 10.8. The summed E-state index contributed by atoms with van der Waals surface area (Å²) < 4.78 is 5.88. The Hall–Kier alpha value is -1.73. The molecule has 1 saturated heterocycles. The first-order valence-electron chi connectivity index (χ1n) is 8.71. The van der Waals surface area contributed by atoms with Gasteiger partial charge in [-0.1, -0.05) is 20.8 Å². The maximum Gasteiger partial charge on any atom is 0.263 e. The molecule has 1 N–H and O–H groups in total. The standard InChI is InChI=1S/C18H26N4O2S/c1-12-16(25-11-20-12)17(23)21-13-5-7-22(8-6-13)10-15-19-9-14(24-15)18(2,3)4/h9,11,13H,5-8,10H2,1-4H3,(H,21,23). The van der Waals surface area contributed by atoms with E-state index in [1.165, 1.54) is 11.3 Å². The van der Waals surface area contributed by atoms with Crippen LogP contribution in [-0.4, -0.2) is 39.9 Å². The van der Waals surface area contributed by atoms with Crippen molar-refractivity contribution in [2.24, 2.45) is 0 Å². The molecule has 1 amide bonds. The highest BCUT2D eigenvalue weighted by atomic mass is 32.1. The smallest absolute Gasteiger partial charge is 0.263 e. The van der Waals surface area contributed by atoms with Crippen LogP contribution in [0.4, 0.5) is 0 Å². The fourth-order valence-electron chi connectivity index (χ4n) is 2.93. The molecule has 0 unspecified atom stereocenters. The first-order valence-corrected chi connectivity index (χ1v) is 9.59. The van der Waals surface area contributed by atoms with E-state index in [1.54, 1.807) is 5.51 Å². The molecule has 7 heteroatoms. The number of hydrogen-bond acceptors (Lipinski definition) is 6. The van der Waals surface area contributed by atoms with Crippen LogP contribution in [0.1, 0.15) is 60.6 Å². The zero-order valence-electron chi connectivity index (χ0n) is 15.3. The molecule has 136 valence electrons. The summed E-state index contributed by atoms with van der Waals surface area (Å²) >= 11 is 1.40. The van der Waals surface area contributed by atoms with Crippen molar-refractivity contribution in [2.45, 2.75) is 58.5 Å². The van der Waals surface area contributed by atoms with Gasteiger partial charge in [-0.15, -0.1) is 11.3 Å². The Kier molecular flexibility index (Phi) is 5.24. The Morgan fingerprint density at radius 1 is 1.36 bits per heavy atom. The second-order valence-electron chi connectivity index (χ2n) is 7.66. The molecule has 3 heterocycles. The molecule has 1 aliphatic heterocycles. The monoisotopic (exact) mass is 362 g/mol. The minimum absolute atomic E-state index is 0.000898. The number of thiazole rings is 1. The van der Waals surface area contributed by atoms with Crippen molar-refractivity contribution in [3.63, 3.8) is 0 Å². The molecule has 25 heavy (non-hydrogen) atoms. The Bertz CT molecular complexity index is 724. The summed E-state index contributed by atoms with van der Waals surface area (Å²) in [5.41, 5.74) is 2.50. The Balaban J connectivity index is 1.48. The minimum Gasteiger partial charge on any atom is -0.444 e. The average Bonchev–Trinajstić information content (AvgIpc) is 3.18. The number of carbonyl (C=O) groups is 1. The van der Waals surface area contributed by atoms with Gasteiger partial charge in [0.15, 0.2) is 0 Å². The van der Waals surface area contributed by atoms with Gasteiger partial charge in [-0.05, 0) is 19.8 Å². The van der Waals surface area contributed by atoms with Crippen LogP contribution in [0, 0.1) is 6.92 Å². The van der Waals surface area contributed by atoms with E-state index < -0.39 is 0 Å². The number of oxazole rings is 1. The van der Waals surface area contributed by atoms with Gasteiger partial charge in [0.25, 0.3) is 5.91 Å². The molecule has 6 nitrogen and oxygen atoms in total. The van der Waals surface area contributed by atoms with Gasteiger partial charge in [0.1, 0.15) is 10.6 Å². The lowest BCUT2D eigenvalue weighted by molar-refractivity contribution is 0.0908. The zero-order chi connectivity index (χ0) is 18.0. The summed E-state index contributed by atoms with van der Waals surface area (Å²) in [4.78, 5) is 23.9. The summed E-state index contributed by atoms with van der Waals surface area (Å²) in [7, 11) is 0. The van der Waals surface area contributed by atoms with Crippen LogP contribution in [0.25, 0.3) is 0 Å². The second-order valence-corrected chi connectivity index (χ2v) is 8.51. The third-order valence-electron chi connectivity index (χ3n) is 4.53. The number of nitrogens with zero attached hydrogens (tertiary/aromatic N) is 3. The number of nitrogens with one attached hydrogen (secondary N) is 1. The van der Waals surface area contributed by atoms with Gasteiger partial charge in [0.05, 0.1) is 23.9 Å². The van der Waals surface area contributed by atoms with Crippen LogP contribution in [0.5, 0.6) is 0 Å². The molecule has 0 aromatic carbocycles. The molecule has 0 aliphatic carbocycles. The lowest BCUT2D eigenvalue weighted by Crippen LogP contribution is -2.44. The van der Waals surface area contributed by atoms with Gasteiger partial charge in [-0.3, -0.25) is 9.69 Å². The Morgan fingerprint density at radius 3 is 2.64 bits per heavy atom. The van der Waals surface area contributed by atoms with Gasteiger partial charge in [0, 0.05) is 24.5 Å². The van der Waals surface area contributed by atoms with E-state index in [0.717, 1.165) is 54.7 Å². The molecule has 1 fully saturated rings. The molecule has 2 aromatic rings. The van der Waals surface area contributed by atoms with Crippen LogP contribution in [0.2, 0.25) is 0 Å². The van der Waals surface area contributed by atoms with E-state index in [2.05, 4.69) is 41.0 Å². The van der Waals surface area contributed by atoms with Crippen molar-refractivity contribution in [1.82, 2.24) is 20.2 Å². The van der Waals surface area contributed by atoms with Crippen molar-refractivity contribution in [3.05, 3.63) is 33.9 Å². The van der Waals surface area contributed by atoms with Crippen LogP contribution in [0.3, 0.4) is 0 Å². The molecule has 3 rings (SSSR count). The maximum absolute atomic E-state index is 12.3. The first-order chi connectivity index (χ1) is 11.8. The SMILES string of the molecule is Cc1ncsc1C(=O)NC1CCN(Cc2ncc(C(C)(C)C)o2)CC1. The number of aromatic nitrogens is 2. The van der Waals surface area contributed by atoms with Crippen molar-refractivity contribution < 1.29 is 9.21 Å². The summed E-state index contributed by atoms with van der Waals surface area (Å²) in [6.07, 6.45) is 3.71. The Labute approximate surface area is 152 Å². The fraction of sp³-hybridized carbons (Fsp3) is 0.611. The third kappa shape index (κ3) is 4.46. The highest BCUT2D eigenvalue weighted by Crippen LogP contribution is 2.23. The molecular formula is C18H26N4O2S. The van der Waals surface area contributed by atoms with Gasteiger partial charge in [0.2, 0.25) is 5.89 Å². The van der Waals surface area contributed by atoms with E-state index in [0.29, 0.717) is 0 Å². The number of hydrogen-bond donors (Lipinski definition) is 1. The van der Waals surface area contributed by atoms with Gasteiger partial charge in [-0.25, -0.2) is 9.97 Å². The lowest BCUT2D eigenvalue weighted by Gasteiger charge is -2.31. The van der Waals surface area contributed by atoms with Crippen LogP contribution in [-0.2, 0) is 12.0 Å². The normalized spacial score (nSPS) is 17.0. The zero-order valence-corrected chi connectivity index (χ0v) is 16.2. The lowest BCUT2D eigenvalue weighted by atomic mass is 9.94. The predicted octanol–water partition coefficient (Wildman–Crippen LogP) is 3.13. The van der Waals surface area contributed by atoms with E-state index in [9.17, 15) is 4.79 Å². The highest BCUT2D eigenvalue weighted by Gasteiger charge is 2.24. The number of amides is 1. The number of aryl methyl sites for hydroxylation is 1. The van der Waals surface area contributed by atoms with Crippen LogP contribution in [0.15, 0.2) is 16.1 Å². The quantitative estimate of drug-likeness (QED) is 0.905. The third-order valence-corrected chi connectivity index (χ3v) is 5.45. The number of carbonyl (C=O) groups excluding carboxylic acids is 1. The fourth-order valence-corrected chi connectivity index (χ4v) is 3.63. The van der Waals surface area contributed by atoms with E-state index in [1.807, 2.05) is 13.1 Å². The highest BCUT2D eigenvalue weighted by molar-refractivity contribution is 7.11. The van der Waals surface area contributed by atoms with Gasteiger partial charge >= 0.3 is 0 Å². The molecule has 0 atom stereocenters.